The third kappa shape index (κ3) is 2.50. The zero-order valence-corrected chi connectivity index (χ0v) is 12.3. The van der Waals surface area contributed by atoms with Crippen molar-refractivity contribution in [1.29, 1.82) is 0 Å². The van der Waals surface area contributed by atoms with E-state index in [4.69, 9.17) is 0 Å². The molecule has 1 saturated heterocycles. The molecule has 1 aromatic carbocycles. The van der Waals surface area contributed by atoms with Gasteiger partial charge in [-0.3, -0.25) is 0 Å². The van der Waals surface area contributed by atoms with Crippen LogP contribution in [0.3, 0.4) is 0 Å². The van der Waals surface area contributed by atoms with Gasteiger partial charge in [0.05, 0.1) is 16.5 Å². The summed E-state index contributed by atoms with van der Waals surface area (Å²) in [5.41, 5.74) is 1.30. The monoisotopic (exact) mass is 341 g/mol. The van der Waals surface area contributed by atoms with Crippen molar-refractivity contribution in [2.75, 3.05) is 13.1 Å². The van der Waals surface area contributed by atoms with Gasteiger partial charge in [-0.25, -0.2) is 13.8 Å². The zero-order chi connectivity index (χ0) is 14.1. The molecule has 0 aliphatic carbocycles. The van der Waals surface area contributed by atoms with Crippen molar-refractivity contribution in [2.45, 2.75) is 18.8 Å². The molecule has 1 aliphatic heterocycles. The van der Waals surface area contributed by atoms with E-state index in [2.05, 4.69) is 26.2 Å². The second kappa shape index (κ2) is 5.61. The Hall–Kier alpha value is -1.27. The van der Waals surface area contributed by atoms with Crippen molar-refractivity contribution >= 4 is 15.9 Å². The number of benzene rings is 1. The molecule has 0 atom stereocenters. The Morgan fingerprint density at radius 3 is 2.70 bits per heavy atom. The maximum Gasteiger partial charge on any atom is 0.150 e. The third-order valence-electron chi connectivity index (χ3n) is 3.67. The summed E-state index contributed by atoms with van der Waals surface area (Å²) >= 11 is 3.10. The Kier molecular flexibility index (Phi) is 3.85. The largest absolute Gasteiger partial charge is 0.317 e. The molecule has 0 radical (unpaired) electrons. The van der Waals surface area contributed by atoms with Crippen LogP contribution in [-0.4, -0.2) is 22.6 Å². The van der Waals surface area contributed by atoms with Gasteiger partial charge in [0.15, 0.2) is 0 Å². The molecule has 1 N–H and O–H groups in total. The first-order chi connectivity index (χ1) is 9.66. The lowest BCUT2D eigenvalue weighted by Gasteiger charge is -2.23. The summed E-state index contributed by atoms with van der Waals surface area (Å²) < 4.78 is 29.3. The van der Waals surface area contributed by atoms with E-state index < -0.39 is 11.6 Å². The summed E-state index contributed by atoms with van der Waals surface area (Å²) in [5.74, 6) is -0.837. The van der Waals surface area contributed by atoms with Gasteiger partial charge in [0.25, 0.3) is 0 Å². The quantitative estimate of drug-likeness (QED) is 0.848. The molecule has 6 heteroatoms. The van der Waals surface area contributed by atoms with Crippen LogP contribution >= 0.6 is 15.9 Å². The zero-order valence-electron chi connectivity index (χ0n) is 10.7. The number of hydrogen-bond donors (Lipinski definition) is 1. The molecule has 1 aliphatic rings. The predicted molar refractivity (Wildman–Crippen MR) is 76.0 cm³/mol. The van der Waals surface area contributed by atoms with E-state index in [0.717, 1.165) is 37.7 Å². The summed E-state index contributed by atoms with van der Waals surface area (Å²) in [7, 11) is 0. The van der Waals surface area contributed by atoms with E-state index in [1.54, 1.807) is 17.1 Å². The summed E-state index contributed by atoms with van der Waals surface area (Å²) in [6.45, 7) is 1.90. The average molecular weight is 342 g/mol. The standard InChI is InChI=1S/C14H14BrF2N3/c15-10-5-13(12(17)6-11(10)16)20-8-19-7-14(20)9-1-3-18-4-2-9/h5-9,18H,1-4H2. The molecular weight excluding hydrogens is 328 g/mol. The van der Waals surface area contributed by atoms with Gasteiger partial charge in [0, 0.05) is 23.9 Å². The second-order valence-electron chi connectivity index (χ2n) is 4.93. The fourth-order valence-electron chi connectivity index (χ4n) is 2.62. The number of nitrogens with one attached hydrogen (secondary N) is 1. The maximum absolute atomic E-state index is 14.0. The fraction of sp³-hybridized carbons (Fsp3) is 0.357. The number of imidazole rings is 1. The fourth-order valence-corrected chi connectivity index (χ4v) is 2.95. The molecule has 3 nitrogen and oxygen atoms in total. The molecule has 0 saturated carbocycles. The van der Waals surface area contributed by atoms with Crippen LogP contribution < -0.4 is 5.32 Å². The normalized spacial score (nSPS) is 16.6. The molecular formula is C14H14BrF2N3. The third-order valence-corrected chi connectivity index (χ3v) is 4.28. The number of piperidine rings is 1. The molecule has 1 fully saturated rings. The Bertz CT molecular complexity index is 621. The Balaban J connectivity index is 2.03. The molecule has 20 heavy (non-hydrogen) atoms. The molecule has 0 unspecified atom stereocenters. The summed E-state index contributed by atoms with van der Waals surface area (Å²) in [6.07, 6.45) is 5.35. The van der Waals surface area contributed by atoms with E-state index in [0.29, 0.717) is 11.6 Å². The number of halogens is 3. The molecule has 1 aromatic heterocycles. The summed E-state index contributed by atoms with van der Waals surface area (Å²) in [5, 5.41) is 3.30. The first kappa shape index (κ1) is 13.7. The van der Waals surface area contributed by atoms with Gasteiger partial charge in [0.1, 0.15) is 11.6 Å². The van der Waals surface area contributed by atoms with Crippen molar-refractivity contribution in [3.63, 3.8) is 0 Å². The molecule has 106 valence electrons. The minimum absolute atomic E-state index is 0.249. The summed E-state index contributed by atoms with van der Waals surface area (Å²) in [4.78, 5) is 4.13. The van der Waals surface area contributed by atoms with Crippen LogP contribution in [0.5, 0.6) is 0 Å². The lowest BCUT2D eigenvalue weighted by Crippen LogP contribution is -2.27. The van der Waals surface area contributed by atoms with E-state index in [9.17, 15) is 8.78 Å². The highest BCUT2D eigenvalue weighted by molar-refractivity contribution is 9.10. The Morgan fingerprint density at radius 2 is 1.95 bits per heavy atom. The average Bonchev–Trinajstić information content (AvgIpc) is 2.93. The summed E-state index contributed by atoms with van der Waals surface area (Å²) in [6, 6.07) is 2.35. The number of hydrogen-bond acceptors (Lipinski definition) is 2. The molecule has 0 amide bonds. The maximum atomic E-state index is 14.0. The van der Waals surface area contributed by atoms with E-state index in [1.807, 2.05) is 0 Å². The van der Waals surface area contributed by atoms with Gasteiger partial charge in [-0.15, -0.1) is 0 Å². The van der Waals surface area contributed by atoms with Gasteiger partial charge >= 0.3 is 0 Å². The van der Waals surface area contributed by atoms with Gasteiger partial charge < -0.3 is 9.88 Å². The van der Waals surface area contributed by atoms with Crippen LogP contribution in [0.4, 0.5) is 8.78 Å². The minimum atomic E-state index is -0.602. The second-order valence-corrected chi connectivity index (χ2v) is 5.78. The molecule has 2 aromatic rings. The molecule has 0 spiro atoms. The number of aromatic nitrogens is 2. The van der Waals surface area contributed by atoms with E-state index >= 15 is 0 Å². The highest BCUT2D eigenvalue weighted by atomic mass is 79.9. The highest BCUT2D eigenvalue weighted by Gasteiger charge is 2.21. The van der Waals surface area contributed by atoms with Gasteiger partial charge in [-0.1, -0.05) is 0 Å². The Morgan fingerprint density at radius 1 is 1.20 bits per heavy atom. The van der Waals surface area contributed by atoms with E-state index in [1.165, 1.54) is 6.07 Å². The van der Waals surface area contributed by atoms with Crippen LogP contribution in [0.25, 0.3) is 5.69 Å². The first-order valence-electron chi connectivity index (χ1n) is 6.54. The van der Waals surface area contributed by atoms with Crippen molar-refractivity contribution in [3.05, 3.63) is 46.5 Å². The van der Waals surface area contributed by atoms with Crippen molar-refractivity contribution in [2.24, 2.45) is 0 Å². The van der Waals surface area contributed by atoms with Gasteiger partial charge in [-0.05, 0) is 47.9 Å². The van der Waals surface area contributed by atoms with Crippen molar-refractivity contribution in [1.82, 2.24) is 14.9 Å². The van der Waals surface area contributed by atoms with Gasteiger partial charge in [0.2, 0.25) is 0 Å². The lowest BCUT2D eigenvalue weighted by atomic mass is 9.95. The topological polar surface area (TPSA) is 29.9 Å². The van der Waals surface area contributed by atoms with Crippen LogP contribution in [-0.2, 0) is 0 Å². The van der Waals surface area contributed by atoms with Gasteiger partial charge in [-0.2, -0.15) is 0 Å². The predicted octanol–water partition coefficient (Wildman–Crippen LogP) is 3.38. The number of rotatable bonds is 2. The highest BCUT2D eigenvalue weighted by Crippen LogP contribution is 2.29. The number of nitrogens with zero attached hydrogens (tertiary/aromatic N) is 2. The lowest BCUT2D eigenvalue weighted by molar-refractivity contribution is 0.448. The van der Waals surface area contributed by atoms with Crippen LogP contribution in [0.2, 0.25) is 0 Å². The molecule has 3 rings (SSSR count). The Labute approximate surface area is 124 Å². The SMILES string of the molecule is Fc1cc(F)c(-n2cncc2C2CCNCC2)cc1Br. The van der Waals surface area contributed by atoms with Crippen LogP contribution in [0, 0.1) is 11.6 Å². The van der Waals surface area contributed by atoms with E-state index in [-0.39, 0.29) is 4.47 Å². The molecule has 0 bridgehead atoms. The smallest absolute Gasteiger partial charge is 0.150 e. The van der Waals surface area contributed by atoms with Crippen LogP contribution in [0.15, 0.2) is 29.1 Å². The van der Waals surface area contributed by atoms with Crippen molar-refractivity contribution < 1.29 is 8.78 Å². The first-order valence-corrected chi connectivity index (χ1v) is 7.34. The van der Waals surface area contributed by atoms with Crippen LogP contribution in [0.1, 0.15) is 24.5 Å². The minimum Gasteiger partial charge on any atom is -0.317 e. The van der Waals surface area contributed by atoms with Crippen molar-refractivity contribution in [3.8, 4) is 5.69 Å². The molecule has 2 heterocycles.